The third-order valence-electron chi connectivity index (χ3n) is 4.73. The van der Waals surface area contributed by atoms with Crippen molar-refractivity contribution in [3.8, 4) is 0 Å². The second-order valence-corrected chi connectivity index (χ2v) is 6.64. The molecular formula is C21H25N3O2. The molecular weight excluding hydrogens is 326 g/mol. The summed E-state index contributed by atoms with van der Waals surface area (Å²) in [7, 11) is 1.63. The van der Waals surface area contributed by atoms with E-state index in [1.807, 2.05) is 54.3 Å². The fourth-order valence-electron chi connectivity index (χ4n) is 3.30. The average molecular weight is 351 g/mol. The van der Waals surface area contributed by atoms with E-state index in [0.717, 1.165) is 36.3 Å². The molecule has 3 rings (SSSR count). The zero-order valence-corrected chi connectivity index (χ0v) is 15.3. The van der Waals surface area contributed by atoms with Gasteiger partial charge in [0, 0.05) is 25.0 Å². The number of hydrogen-bond acceptors (Lipinski definition) is 3. The molecule has 5 heteroatoms. The second kappa shape index (κ2) is 8.04. The van der Waals surface area contributed by atoms with Gasteiger partial charge >= 0.3 is 0 Å². The lowest BCUT2D eigenvalue weighted by Crippen LogP contribution is -2.44. The Balaban J connectivity index is 1.66. The lowest BCUT2D eigenvalue weighted by Gasteiger charge is -2.32. The van der Waals surface area contributed by atoms with E-state index in [4.69, 9.17) is 0 Å². The summed E-state index contributed by atoms with van der Waals surface area (Å²) in [5, 5.41) is 5.89. The van der Waals surface area contributed by atoms with E-state index in [1.165, 1.54) is 5.56 Å². The Morgan fingerprint density at radius 3 is 2.58 bits per heavy atom. The number of anilines is 2. The van der Waals surface area contributed by atoms with Crippen LogP contribution in [0, 0.1) is 0 Å². The quantitative estimate of drug-likeness (QED) is 0.871. The Kier molecular flexibility index (Phi) is 5.56. The molecule has 1 unspecified atom stereocenters. The van der Waals surface area contributed by atoms with Crippen LogP contribution in [0.1, 0.15) is 24.5 Å². The molecule has 2 aromatic carbocycles. The van der Waals surface area contributed by atoms with Gasteiger partial charge in [0.25, 0.3) is 0 Å². The van der Waals surface area contributed by atoms with Crippen LogP contribution in [0.2, 0.25) is 0 Å². The highest BCUT2D eigenvalue weighted by atomic mass is 16.2. The molecule has 0 aliphatic carbocycles. The van der Waals surface area contributed by atoms with Gasteiger partial charge in [0.05, 0.1) is 6.42 Å². The number of para-hydroxylation sites is 1. The third-order valence-corrected chi connectivity index (χ3v) is 4.73. The van der Waals surface area contributed by atoms with Crippen LogP contribution in [0.5, 0.6) is 0 Å². The second-order valence-electron chi connectivity index (χ2n) is 6.64. The molecule has 0 spiro atoms. The lowest BCUT2D eigenvalue weighted by atomic mass is 10.0. The average Bonchev–Trinajstić information content (AvgIpc) is 2.68. The molecule has 0 bridgehead atoms. The fourth-order valence-corrected chi connectivity index (χ4v) is 3.30. The van der Waals surface area contributed by atoms with Gasteiger partial charge in [0.1, 0.15) is 6.04 Å². The van der Waals surface area contributed by atoms with Gasteiger partial charge in [0.15, 0.2) is 0 Å². The largest absolute Gasteiger partial charge is 0.374 e. The SMILES string of the molecule is CNC(=O)Cc1ccc(NC(C)C(=O)N2CCCc3ccccc32)cc1. The first kappa shape index (κ1) is 18.0. The molecule has 1 atom stereocenters. The molecule has 0 aromatic heterocycles. The van der Waals surface area contributed by atoms with Crippen molar-refractivity contribution >= 4 is 23.2 Å². The molecule has 0 fully saturated rings. The van der Waals surface area contributed by atoms with Crippen LogP contribution in [-0.2, 0) is 22.4 Å². The molecule has 2 amide bonds. The monoisotopic (exact) mass is 351 g/mol. The summed E-state index contributed by atoms with van der Waals surface area (Å²) in [6.45, 7) is 2.64. The normalized spacial score (nSPS) is 14.3. The molecule has 0 saturated carbocycles. The first-order valence-electron chi connectivity index (χ1n) is 9.04. The fraction of sp³-hybridized carbons (Fsp3) is 0.333. The van der Waals surface area contributed by atoms with Crippen LogP contribution in [0.4, 0.5) is 11.4 Å². The maximum absolute atomic E-state index is 12.9. The molecule has 5 nitrogen and oxygen atoms in total. The Morgan fingerprint density at radius 2 is 1.85 bits per heavy atom. The first-order valence-corrected chi connectivity index (χ1v) is 9.04. The van der Waals surface area contributed by atoms with Crippen molar-refractivity contribution < 1.29 is 9.59 Å². The molecule has 0 saturated heterocycles. The zero-order chi connectivity index (χ0) is 18.5. The summed E-state index contributed by atoms with van der Waals surface area (Å²) >= 11 is 0. The van der Waals surface area contributed by atoms with Crippen LogP contribution < -0.4 is 15.5 Å². The lowest BCUT2D eigenvalue weighted by molar-refractivity contribution is -0.120. The van der Waals surface area contributed by atoms with Crippen molar-refractivity contribution in [1.29, 1.82) is 0 Å². The Bertz CT molecular complexity index is 786. The summed E-state index contributed by atoms with van der Waals surface area (Å²) in [6.07, 6.45) is 2.37. The van der Waals surface area contributed by atoms with Crippen molar-refractivity contribution in [2.75, 3.05) is 23.8 Å². The van der Waals surface area contributed by atoms with Crippen LogP contribution in [0.15, 0.2) is 48.5 Å². The number of aryl methyl sites for hydroxylation is 1. The standard InChI is InChI=1S/C21H25N3O2/c1-15(23-18-11-9-16(10-12-18)14-20(25)22-2)21(26)24-13-5-7-17-6-3-4-8-19(17)24/h3-4,6,8-12,15,23H,5,7,13-14H2,1-2H3,(H,22,25). The summed E-state index contributed by atoms with van der Waals surface area (Å²) < 4.78 is 0. The van der Waals surface area contributed by atoms with Gasteiger partial charge in [-0.15, -0.1) is 0 Å². The highest BCUT2D eigenvalue weighted by molar-refractivity contribution is 5.99. The van der Waals surface area contributed by atoms with Gasteiger partial charge in [-0.05, 0) is 49.1 Å². The van der Waals surface area contributed by atoms with E-state index >= 15 is 0 Å². The minimum atomic E-state index is -0.328. The van der Waals surface area contributed by atoms with Crippen LogP contribution in [0.3, 0.4) is 0 Å². The van der Waals surface area contributed by atoms with E-state index in [1.54, 1.807) is 7.05 Å². The van der Waals surface area contributed by atoms with Gasteiger partial charge < -0.3 is 15.5 Å². The number of nitrogens with zero attached hydrogens (tertiary/aromatic N) is 1. The van der Waals surface area contributed by atoms with Gasteiger partial charge in [-0.2, -0.15) is 0 Å². The molecule has 0 radical (unpaired) electrons. The molecule has 2 aromatic rings. The van der Waals surface area contributed by atoms with Gasteiger partial charge in [-0.25, -0.2) is 0 Å². The smallest absolute Gasteiger partial charge is 0.249 e. The number of carbonyl (C=O) groups is 2. The number of carbonyl (C=O) groups excluding carboxylic acids is 2. The minimum absolute atomic E-state index is 0.0157. The number of rotatable bonds is 5. The number of nitrogens with one attached hydrogen (secondary N) is 2. The zero-order valence-electron chi connectivity index (χ0n) is 15.3. The minimum Gasteiger partial charge on any atom is -0.374 e. The highest BCUT2D eigenvalue weighted by Gasteiger charge is 2.25. The Morgan fingerprint density at radius 1 is 1.12 bits per heavy atom. The molecule has 26 heavy (non-hydrogen) atoms. The summed E-state index contributed by atoms with van der Waals surface area (Å²) in [4.78, 5) is 26.2. The molecule has 1 heterocycles. The van der Waals surface area contributed by atoms with Crippen molar-refractivity contribution in [1.82, 2.24) is 5.32 Å². The van der Waals surface area contributed by atoms with E-state index in [-0.39, 0.29) is 17.9 Å². The summed E-state index contributed by atoms with van der Waals surface area (Å²) in [5.74, 6) is 0.0598. The van der Waals surface area contributed by atoms with Crippen LogP contribution in [0.25, 0.3) is 0 Å². The highest BCUT2D eigenvalue weighted by Crippen LogP contribution is 2.27. The van der Waals surface area contributed by atoms with E-state index in [2.05, 4.69) is 16.7 Å². The molecule has 1 aliphatic rings. The molecule has 2 N–H and O–H groups in total. The maximum atomic E-state index is 12.9. The van der Waals surface area contributed by atoms with Crippen LogP contribution in [-0.4, -0.2) is 31.4 Å². The number of likely N-dealkylation sites (N-methyl/N-ethyl adjacent to an activating group) is 1. The number of amides is 2. The Hall–Kier alpha value is -2.82. The molecule has 1 aliphatic heterocycles. The first-order chi connectivity index (χ1) is 12.6. The predicted octanol–water partition coefficient (Wildman–Crippen LogP) is 2.75. The van der Waals surface area contributed by atoms with Crippen molar-refractivity contribution in [2.45, 2.75) is 32.2 Å². The van der Waals surface area contributed by atoms with E-state index in [0.29, 0.717) is 6.42 Å². The number of hydrogen-bond donors (Lipinski definition) is 2. The van der Waals surface area contributed by atoms with Gasteiger partial charge in [0.2, 0.25) is 11.8 Å². The number of fused-ring (bicyclic) bond motifs is 1. The van der Waals surface area contributed by atoms with Crippen molar-refractivity contribution in [3.05, 3.63) is 59.7 Å². The van der Waals surface area contributed by atoms with Crippen molar-refractivity contribution in [2.24, 2.45) is 0 Å². The van der Waals surface area contributed by atoms with Gasteiger partial charge in [-0.3, -0.25) is 9.59 Å². The summed E-state index contributed by atoms with van der Waals surface area (Å²) in [6, 6.07) is 15.4. The number of benzene rings is 2. The van der Waals surface area contributed by atoms with Gasteiger partial charge in [-0.1, -0.05) is 30.3 Å². The Labute approximate surface area is 154 Å². The molecule has 136 valence electrons. The maximum Gasteiger partial charge on any atom is 0.249 e. The third kappa shape index (κ3) is 4.04. The van der Waals surface area contributed by atoms with Crippen LogP contribution >= 0.6 is 0 Å². The van der Waals surface area contributed by atoms with E-state index in [9.17, 15) is 9.59 Å². The summed E-state index contributed by atoms with van der Waals surface area (Å²) in [5.41, 5.74) is 4.08. The van der Waals surface area contributed by atoms with Crippen molar-refractivity contribution in [3.63, 3.8) is 0 Å². The van der Waals surface area contributed by atoms with E-state index < -0.39 is 0 Å². The topological polar surface area (TPSA) is 61.4 Å². The predicted molar refractivity (Wildman–Crippen MR) is 104 cm³/mol.